The molecule has 0 radical (unpaired) electrons. The highest BCUT2D eigenvalue weighted by Crippen LogP contribution is 2.29. The van der Waals surface area contributed by atoms with Crippen LogP contribution in [0.3, 0.4) is 0 Å². The van der Waals surface area contributed by atoms with Crippen molar-refractivity contribution in [1.82, 2.24) is 4.90 Å². The summed E-state index contributed by atoms with van der Waals surface area (Å²) in [5.74, 6) is 0.939. The normalized spacial score (nSPS) is 16.8. The molecule has 0 unspecified atom stereocenters. The zero-order valence-electron chi connectivity index (χ0n) is 12.6. The quantitative estimate of drug-likeness (QED) is 0.870. The van der Waals surface area contributed by atoms with E-state index in [4.69, 9.17) is 10.5 Å². The van der Waals surface area contributed by atoms with Crippen molar-refractivity contribution in [2.24, 2.45) is 0 Å². The van der Waals surface area contributed by atoms with E-state index in [1.165, 1.54) is 38.8 Å². The van der Waals surface area contributed by atoms with Crippen molar-refractivity contribution in [3.8, 4) is 5.75 Å². The Morgan fingerprint density at radius 1 is 0.905 bits per heavy atom. The Morgan fingerprint density at radius 3 is 2.43 bits per heavy atom. The number of nitrogens with zero attached hydrogens (tertiary/aromatic N) is 1. The molecule has 1 heterocycles. The summed E-state index contributed by atoms with van der Waals surface area (Å²) in [4.78, 5) is 2.52. The van der Waals surface area contributed by atoms with E-state index in [-0.39, 0.29) is 0 Å². The Balaban J connectivity index is 1.64. The van der Waals surface area contributed by atoms with E-state index in [1.807, 2.05) is 30.3 Å². The molecule has 1 saturated heterocycles. The zero-order valence-corrected chi connectivity index (χ0v) is 12.6. The zero-order chi connectivity index (χ0) is 14.5. The largest absolute Gasteiger partial charge is 0.492 e. The fraction of sp³-hybridized carbons (Fsp3) is 0.444. The summed E-state index contributed by atoms with van der Waals surface area (Å²) in [6.07, 6.45) is 5.40. The minimum atomic E-state index is 0.744. The molecule has 2 aromatic carbocycles. The van der Waals surface area contributed by atoms with Gasteiger partial charge in [-0.25, -0.2) is 0 Å². The Bertz CT molecular complexity index is 589. The van der Waals surface area contributed by atoms with E-state index < -0.39 is 0 Å². The van der Waals surface area contributed by atoms with Crippen LogP contribution in [0.4, 0.5) is 5.69 Å². The van der Waals surface area contributed by atoms with Crippen LogP contribution in [0, 0.1) is 0 Å². The molecule has 3 heteroatoms. The third kappa shape index (κ3) is 3.48. The Hall–Kier alpha value is -1.74. The highest BCUT2D eigenvalue weighted by Gasteiger charge is 2.09. The fourth-order valence-electron chi connectivity index (χ4n) is 3.08. The third-order valence-corrected chi connectivity index (χ3v) is 4.28. The number of nitrogens with two attached hydrogens (primary N) is 1. The van der Waals surface area contributed by atoms with E-state index in [0.717, 1.165) is 35.4 Å². The van der Waals surface area contributed by atoms with Gasteiger partial charge in [-0.3, -0.25) is 4.90 Å². The van der Waals surface area contributed by atoms with Crippen LogP contribution in [0.5, 0.6) is 5.75 Å². The van der Waals surface area contributed by atoms with Gasteiger partial charge < -0.3 is 10.5 Å². The molecule has 3 nitrogen and oxygen atoms in total. The number of benzene rings is 2. The van der Waals surface area contributed by atoms with E-state index in [9.17, 15) is 0 Å². The number of anilines is 1. The summed E-state index contributed by atoms with van der Waals surface area (Å²) in [6.45, 7) is 4.18. The van der Waals surface area contributed by atoms with E-state index in [1.54, 1.807) is 0 Å². The Labute approximate surface area is 126 Å². The van der Waals surface area contributed by atoms with Crippen LogP contribution >= 0.6 is 0 Å². The second kappa shape index (κ2) is 6.81. The molecule has 2 N–H and O–H groups in total. The number of hydrogen-bond acceptors (Lipinski definition) is 3. The molecule has 1 aliphatic rings. The molecule has 0 amide bonds. The molecule has 0 saturated carbocycles. The maximum Gasteiger partial charge on any atom is 0.127 e. The highest BCUT2D eigenvalue weighted by atomic mass is 16.5. The predicted octanol–water partition coefficient (Wildman–Crippen LogP) is 3.68. The predicted molar refractivity (Wildman–Crippen MR) is 88.8 cm³/mol. The molecular weight excluding hydrogens is 260 g/mol. The second-order valence-corrected chi connectivity index (χ2v) is 5.80. The van der Waals surface area contributed by atoms with Gasteiger partial charge in [0.05, 0.1) is 0 Å². The molecule has 112 valence electrons. The van der Waals surface area contributed by atoms with E-state index in [0.29, 0.717) is 0 Å². The van der Waals surface area contributed by atoms with Gasteiger partial charge in [-0.15, -0.1) is 0 Å². The summed E-state index contributed by atoms with van der Waals surface area (Å²) in [5.41, 5.74) is 6.83. The molecule has 0 spiro atoms. The highest BCUT2D eigenvalue weighted by molar-refractivity contribution is 5.96. The first kappa shape index (κ1) is 14.2. The lowest BCUT2D eigenvalue weighted by atomic mass is 10.1. The van der Waals surface area contributed by atoms with Crippen LogP contribution < -0.4 is 10.5 Å². The lowest BCUT2D eigenvalue weighted by Crippen LogP contribution is -2.29. The third-order valence-electron chi connectivity index (χ3n) is 4.28. The lowest BCUT2D eigenvalue weighted by molar-refractivity contribution is 0.215. The number of likely N-dealkylation sites (tertiary alicyclic amines) is 1. The molecule has 1 aliphatic heterocycles. The standard InChI is InChI=1S/C18H24N2O/c19-17-9-5-8-16-15(17)7-6-10-18(16)21-14-13-20-11-3-1-2-4-12-20/h5-10H,1-4,11-14,19H2. The van der Waals surface area contributed by atoms with Crippen LogP contribution in [-0.2, 0) is 0 Å². The van der Waals surface area contributed by atoms with Crippen LogP contribution in [0.2, 0.25) is 0 Å². The van der Waals surface area contributed by atoms with E-state index in [2.05, 4.69) is 11.0 Å². The van der Waals surface area contributed by atoms with Crippen LogP contribution in [0.15, 0.2) is 36.4 Å². The lowest BCUT2D eigenvalue weighted by Gasteiger charge is -2.20. The number of nitrogen functional groups attached to an aromatic ring is 1. The maximum atomic E-state index is 6.02. The maximum absolute atomic E-state index is 6.02. The molecule has 2 aromatic rings. The monoisotopic (exact) mass is 284 g/mol. The van der Waals surface area contributed by atoms with Gasteiger partial charge in [0.1, 0.15) is 12.4 Å². The summed E-state index contributed by atoms with van der Waals surface area (Å²) in [7, 11) is 0. The molecule has 0 aromatic heterocycles. The van der Waals surface area contributed by atoms with Crippen molar-refractivity contribution in [3.63, 3.8) is 0 Å². The van der Waals surface area contributed by atoms with Gasteiger partial charge in [-0.1, -0.05) is 37.1 Å². The fourth-order valence-corrected chi connectivity index (χ4v) is 3.08. The topological polar surface area (TPSA) is 38.5 Å². The van der Waals surface area contributed by atoms with Gasteiger partial charge in [-0.2, -0.15) is 0 Å². The number of hydrogen-bond donors (Lipinski definition) is 1. The first-order valence-electron chi connectivity index (χ1n) is 7.97. The number of ether oxygens (including phenoxy) is 1. The van der Waals surface area contributed by atoms with Gasteiger partial charge in [0, 0.05) is 23.0 Å². The molecule has 21 heavy (non-hydrogen) atoms. The van der Waals surface area contributed by atoms with Crippen molar-refractivity contribution in [2.45, 2.75) is 25.7 Å². The molecule has 0 aliphatic carbocycles. The minimum absolute atomic E-state index is 0.744. The van der Waals surface area contributed by atoms with Gasteiger partial charge in [0.15, 0.2) is 0 Å². The SMILES string of the molecule is Nc1cccc2c(OCCN3CCCCCC3)cccc12. The first-order chi connectivity index (χ1) is 10.3. The Morgan fingerprint density at radius 2 is 1.62 bits per heavy atom. The summed E-state index contributed by atoms with van der Waals surface area (Å²) in [6, 6.07) is 12.1. The van der Waals surface area contributed by atoms with Crippen molar-refractivity contribution in [1.29, 1.82) is 0 Å². The average molecular weight is 284 g/mol. The smallest absolute Gasteiger partial charge is 0.127 e. The van der Waals surface area contributed by atoms with E-state index >= 15 is 0 Å². The second-order valence-electron chi connectivity index (χ2n) is 5.80. The minimum Gasteiger partial charge on any atom is -0.492 e. The van der Waals surface area contributed by atoms with Crippen LogP contribution in [0.1, 0.15) is 25.7 Å². The van der Waals surface area contributed by atoms with Crippen molar-refractivity contribution >= 4 is 16.5 Å². The van der Waals surface area contributed by atoms with Crippen molar-refractivity contribution in [3.05, 3.63) is 36.4 Å². The average Bonchev–Trinajstić information content (AvgIpc) is 2.77. The summed E-state index contributed by atoms with van der Waals surface area (Å²) in [5, 5.41) is 2.18. The van der Waals surface area contributed by atoms with Crippen LogP contribution in [0.25, 0.3) is 10.8 Å². The molecular formula is C18H24N2O. The van der Waals surface area contributed by atoms with Gasteiger partial charge in [0.25, 0.3) is 0 Å². The first-order valence-corrected chi connectivity index (χ1v) is 7.97. The van der Waals surface area contributed by atoms with Gasteiger partial charge in [0.2, 0.25) is 0 Å². The Kier molecular flexibility index (Phi) is 4.61. The summed E-state index contributed by atoms with van der Waals surface area (Å²) < 4.78 is 6.02. The number of rotatable bonds is 4. The molecule has 1 fully saturated rings. The molecule has 0 atom stereocenters. The number of fused-ring (bicyclic) bond motifs is 1. The van der Waals surface area contributed by atoms with Crippen molar-refractivity contribution in [2.75, 3.05) is 32.0 Å². The van der Waals surface area contributed by atoms with Gasteiger partial charge in [-0.05, 0) is 38.1 Å². The molecule has 3 rings (SSSR count). The van der Waals surface area contributed by atoms with Crippen molar-refractivity contribution < 1.29 is 4.74 Å². The van der Waals surface area contributed by atoms with Gasteiger partial charge >= 0.3 is 0 Å². The molecule has 0 bridgehead atoms. The summed E-state index contributed by atoms with van der Waals surface area (Å²) >= 11 is 0. The van der Waals surface area contributed by atoms with Crippen LogP contribution in [-0.4, -0.2) is 31.1 Å².